The molecule has 3 heteroatoms. The first-order valence-electron chi connectivity index (χ1n) is 8.66. The zero-order valence-corrected chi connectivity index (χ0v) is 15.2. The van der Waals surface area contributed by atoms with Gasteiger partial charge in [0.1, 0.15) is 0 Å². The van der Waals surface area contributed by atoms with E-state index in [1.54, 1.807) is 0 Å². The van der Waals surface area contributed by atoms with Crippen molar-refractivity contribution in [2.45, 2.75) is 79.8 Å². The summed E-state index contributed by atoms with van der Waals surface area (Å²) in [4.78, 5) is 14.6. The third-order valence-electron chi connectivity index (χ3n) is 4.55. The predicted octanol–water partition coefficient (Wildman–Crippen LogP) is 3.68. The van der Waals surface area contributed by atoms with Crippen molar-refractivity contribution in [1.82, 2.24) is 10.2 Å². The predicted molar refractivity (Wildman–Crippen MR) is 90.3 cm³/mol. The minimum absolute atomic E-state index is 0.0741. The molecule has 0 radical (unpaired) electrons. The molecule has 1 aliphatic heterocycles. The fourth-order valence-corrected chi connectivity index (χ4v) is 3.35. The molecular formula is C18H36N2O. The van der Waals surface area contributed by atoms with Crippen molar-refractivity contribution in [3.05, 3.63) is 0 Å². The highest BCUT2D eigenvalue weighted by molar-refractivity contribution is 5.78. The Bertz CT molecular complexity index is 333. The summed E-state index contributed by atoms with van der Waals surface area (Å²) in [7, 11) is 0. The molecule has 0 aromatic carbocycles. The van der Waals surface area contributed by atoms with Crippen LogP contribution in [0, 0.1) is 17.3 Å². The van der Waals surface area contributed by atoms with Gasteiger partial charge in [0.2, 0.25) is 5.91 Å². The highest BCUT2D eigenvalue weighted by atomic mass is 16.1. The fourth-order valence-electron chi connectivity index (χ4n) is 3.35. The van der Waals surface area contributed by atoms with Crippen molar-refractivity contribution >= 4 is 5.91 Å². The summed E-state index contributed by atoms with van der Waals surface area (Å²) in [6, 6.07) is 0.918. The molecule has 1 aliphatic rings. The van der Waals surface area contributed by atoms with Gasteiger partial charge in [0.15, 0.2) is 0 Å². The van der Waals surface area contributed by atoms with Crippen molar-refractivity contribution in [2.75, 3.05) is 13.1 Å². The Kier molecular flexibility index (Phi) is 6.71. The molecule has 0 aromatic rings. The van der Waals surface area contributed by atoms with Crippen LogP contribution < -0.4 is 5.32 Å². The van der Waals surface area contributed by atoms with E-state index in [1.165, 1.54) is 19.4 Å². The molecule has 0 aromatic heterocycles. The summed E-state index contributed by atoms with van der Waals surface area (Å²) in [5.41, 5.74) is 0.357. The Hall–Kier alpha value is -0.570. The monoisotopic (exact) mass is 296 g/mol. The summed E-state index contributed by atoms with van der Waals surface area (Å²) in [5.74, 6) is 0.954. The Morgan fingerprint density at radius 1 is 1.24 bits per heavy atom. The van der Waals surface area contributed by atoms with E-state index in [2.05, 4.69) is 44.8 Å². The standard InChI is InChI=1S/C18H36N2O/c1-8-14(4)20-11-15(10-18(5,6)7)9-16(12-20)19-17(21)13(2)3/h13-16H,8-12H2,1-7H3,(H,19,21). The first-order chi connectivity index (χ1) is 9.62. The maximum Gasteiger partial charge on any atom is 0.222 e. The van der Waals surface area contributed by atoms with Crippen LogP contribution in [0.25, 0.3) is 0 Å². The van der Waals surface area contributed by atoms with E-state index < -0.39 is 0 Å². The van der Waals surface area contributed by atoms with E-state index in [1.807, 2.05) is 13.8 Å². The van der Waals surface area contributed by atoms with Crippen LogP contribution in [0.1, 0.15) is 67.7 Å². The quantitative estimate of drug-likeness (QED) is 0.839. The second-order valence-corrected chi connectivity index (χ2v) is 8.44. The molecule has 0 aliphatic carbocycles. The van der Waals surface area contributed by atoms with Crippen molar-refractivity contribution in [1.29, 1.82) is 0 Å². The van der Waals surface area contributed by atoms with Gasteiger partial charge >= 0.3 is 0 Å². The molecule has 1 rings (SSSR count). The summed E-state index contributed by atoms with van der Waals surface area (Å²) in [6.07, 6.45) is 3.53. The lowest BCUT2D eigenvalue weighted by Gasteiger charge is -2.43. The average molecular weight is 296 g/mol. The molecule has 3 atom stereocenters. The zero-order valence-electron chi connectivity index (χ0n) is 15.2. The largest absolute Gasteiger partial charge is 0.352 e. The van der Waals surface area contributed by atoms with Gasteiger partial charge in [-0.2, -0.15) is 0 Å². The number of carbonyl (C=O) groups excluding carboxylic acids is 1. The van der Waals surface area contributed by atoms with Gasteiger partial charge in [-0.05, 0) is 37.5 Å². The Morgan fingerprint density at radius 2 is 1.86 bits per heavy atom. The molecule has 0 saturated carbocycles. The van der Waals surface area contributed by atoms with Crippen LogP contribution in [-0.4, -0.2) is 36.0 Å². The second-order valence-electron chi connectivity index (χ2n) is 8.44. The lowest BCUT2D eigenvalue weighted by molar-refractivity contribution is -0.125. The Balaban J connectivity index is 2.72. The van der Waals surface area contributed by atoms with Gasteiger partial charge in [-0.15, -0.1) is 0 Å². The fraction of sp³-hybridized carbons (Fsp3) is 0.944. The van der Waals surface area contributed by atoms with E-state index in [0.29, 0.717) is 23.4 Å². The van der Waals surface area contributed by atoms with E-state index >= 15 is 0 Å². The van der Waals surface area contributed by atoms with Gasteiger partial charge in [0, 0.05) is 31.1 Å². The van der Waals surface area contributed by atoms with E-state index in [9.17, 15) is 4.79 Å². The van der Waals surface area contributed by atoms with Crippen LogP contribution in [0.3, 0.4) is 0 Å². The average Bonchev–Trinajstić information content (AvgIpc) is 2.35. The molecule has 0 bridgehead atoms. The molecular weight excluding hydrogens is 260 g/mol. The summed E-state index contributed by atoms with van der Waals surface area (Å²) in [6.45, 7) is 17.6. The Morgan fingerprint density at radius 3 is 2.33 bits per heavy atom. The van der Waals surface area contributed by atoms with Gasteiger partial charge in [0.05, 0.1) is 0 Å². The molecule has 1 saturated heterocycles. The van der Waals surface area contributed by atoms with Crippen molar-refractivity contribution in [3.8, 4) is 0 Å². The maximum absolute atomic E-state index is 12.0. The lowest BCUT2D eigenvalue weighted by atomic mass is 9.79. The smallest absolute Gasteiger partial charge is 0.222 e. The number of piperidine rings is 1. The summed E-state index contributed by atoms with van der Waals surface area (Å²) < 4.78 is 0. The molecule has 3 unspecified atom stereocenters. The highest BCUT2D eigenvalue weighted by Crippen LogP contribution is 2.31. The van der Waals surface area contributed by atoms with Crippen molar-refractivity contribution < 1.29 is 4.79 Å². The topological polar surface area (TPSA) is 32.3 Å². The van der Waals surface area contributed by atoms with E-state index in [-0.39, 0.29) is 11.8 Å². The highest BCUT2D eigenvalue weighted by Gasteiger charge is 2.32. The van der Waals surface area contributed by atoms with Gasteiger partial charge in [-0.3, -0.25) is 9.69 Å². The SMILES string of the molecule is CCC(C)N1CC(CC(C)(C)C)CC(NC(=O)C(C)C)C1. The van der Waals surface area contributed by atoms with E-state index in [4.69, 9.17) is 0 Å². The number of carbonyl (C=O) groups is 1. The van der Waals surface area contributed by atoms with E-state index in [0.717, 1.165) is 13.0 Å². The first-order valence-corrected chi connectivity index (χ1v) is 8.66. The molecule has 1 amide bonds. The number of rotatable bonds is 5. The molecule has 0 spiro atoms. The molecule has 21 heavy (non-hydrogen) atoms. The number of hydrogen-bond acceptors (Lipinski definition) is 2. The first kappa shape index (κ1) is 18.5. The number of hydrogen-bond donors (Lipinski definition) is 1. The molecule has 124 valence electrons. The normalized spacial score (nSPS) is 25.9. The van der Waals surface area contributed by atoms with Crippen LogP contribution in [0.4, 0.5) is 0 Å². The molecule has 1 heterocycles. The van der Waals surface area contributed by atoms with Crippen molar-refractivity contribution in [3.63, 3.8) is 0 Å². The van der Waals surface area contributed by atoms with Crippen molar-refractivity contribution in [2.24, 2.45) is 17.3 Å². The van der Waals surface area contributed by atoms with Crippen LogP contribution in [0.2, 0.25) is 0 Å². The summed E-state index contributed by atoms with van der Waals surface area (Å²) >= 11 is 0. The van der Waals surface area contributed by atoms with Gasteiger partial charge < -0.3 is 5.32 Å². The second kappa shape index (κ2) is 7.62. The molecule has 1 fully saturated rings. The zero-order chi connectivity index (χ0) is 16.2. The van der Waals surface area contributed by atoms with Gasteiger partial charge in [-0.25, -0.2) is 0 Å². The third kappa shape index (κ3) is 6.37. The van der Waals surface area contributed by atoms with Crippen LogP contribution in [0.5, 0.6) is 0 Å². The summed E-state index contributed by atoms with van der Waals surface area (Å²) in [5, 5.41) is 3.26. The third-order valence-corrected chi connectivity index (χ3v) is 4.55. The molecule has 1 N–H and O–H groups in total. The van der Waals surface area contributed by atoms with Crippen LogP contribution in [0.15, 0.2) is 0 Å². The lowest BCUT2D eigenvalue weighted by Crippen LogP contribution is -2.54. The number of nitrogens with zero attached hydrogens (tertiary/aromatic N) is 1. The minimum Gasteiger partial charge on any atom is -0.352 e. The Labute approximate surface area is 131 Å². The number of nitrogens with one attached hydrogen (secondary N) is 1. The number of amides is 1. The molecule has 3 nitrogen and oxygen atoms in total. The minimum atomic E-state index is 0.0741. The van der Waals surface area contributed by atoms with Gasteiger partial charge in [-0.1, -0.05) is 41.5 Å². The van der Waals surface area contributed by atoms with Crippen LogP contribution in [-0.2, 0) is 4.79 Å². The number of likely N-dealkylation sites (tertiary alicyclic amines) is 1. The maximum atomic E-state index is 12.0. The van der Waals surface area contributed by atoms with Gasteiger partial charge in [0.25, 0.3) is 0 Å². The van der Waals surface area contributed by atoms with Crippen LogP contribution >= 0.6 is 0 Å².